The number of allylic oxidation sites excluding steroid dienone is 1. The lowest BCUT2D eigenvalue weighted by molar-refractivity contribution is 0.295. The molecule has 1 N–H and O–H groups in total. The maximum absolute atomic E-state index is 11.3. The van der Waals surface area contributed by atoms with Crippen LogP contribution in [0.1, 0.15) is 12.8 Å². The maximum Gasteiger partial charge on any atom is 0.0827 e. The molecule has 0 spiro atoms. The Bertz CT molecular complexity index is 85.1. The highest BCUT2D eigenvalue weighted by molar-refractivity contribution is 14.1. The summed E-state index contributed by atoms with van der Waals surface area (Å²) in [7, 11) is 0. The van der Waals surface area contributed by atoms with E-state index in [0.29, 0.717) is 12.8 Å². The summed E-state index contributed by atoms with van der Waals surface area (Å²) in [5.74, 6) is 0. The van der Waals surface area contributed by atoms with E-state index in [4.69, 9.17) is 5.11 Å². The van der Waals surface area contributed by atoms with E-state index in [1.165, 1.54) is 6.08 Å². The Kier molecular flexibility index (Phi) is 6.74. The topological polar surface area (TPSA) is 20.2 Å². The first-order valence-corrected chi connectivity index (χ1v) is 4.06. The molecule has 0 aliphatic rings. The lowest BCUT2D eigenvalue weighted by atomic mass is 10.2. The molecule has 1 unspecified atom stereocenters. The average molecular weight is 244 g/mol. The molecule has 0 aromatic rings. The molecule has 0 heterocycles. The van der Waals surface area contributed by atoms with Crippen molar-refractivity contribution in [2.75, 3.05) is 6.61 Å². The number of rotatable bonds is 4. The molecule has 0 bridgehead atoms. The van der Waals surface area contributed by atoms with Gasteiger partial charge in [-0.15, -0.1) is 0 Å². The van der Waals surface area contributed by atoms with Crippen LogP contribution in [0.25, 0.3) is 0 Å². The molecule has 54 valence electrons. The minimum absolute atomic E-state index is 0.181. The number of halogens is 2. The molecule has 0 amide bonds. The summed E-state index contributed by atoms with van der Waals surface area (Å²) >= 11 is 2.14. The molecule has 0 radical (unpaired) electrons. The summed E-state index contributed by atoms with van der Waals surface area (Å²) in [4.78, 5) is 0. The lowest BCUT2D eigenvalue weighted by Gasteiger charge is -2.00. The van der Waals surface area contributed by atoms with Gasteiger partial charge in [0.25, 0.3) is 0 Å². The van der Waals surface area contributed by atoms with Gasteiger partial charge in [-0.2, -0.15) is 0 Å². The van der Waals surface area contributed by atoms with Gasteiger partial charge in [-0.3, -0.25) is 0 Å². The van der Waals surface area contributed by atoms with Gasteiger partial charge in [-0.05, 0) is 12.8 Å². The Morgan fingerprint density at radius 2 is 2.33 bits per heavy atom. The van der Waals surface area contributed by atoms with Crippen molar-refractivity contribution >= 4 is 22.6 Å². The summed E-state index contributed by atoms with van der Waals surface area (Å²) in [5.41, 5.74) is 0. The third kappa shape index (κ3) is 6.24. The van der Waals surface area contributed by atoms with Crippen molar-refractivity contribution in [3.05, 3.63) is 12.4 Å². The van der Waals surface area contributed by atoms with E-state index < -0.39 is 0 Å². The number of hydrogen-bond acceptors (Lipinski definition) is 1. The molecule has 1 atom stereocenters. The van der Waals surface area contributed by atoms with Crippen LogP contribution < -0.4 is 0 Å². The second-order valence-electron chi connectivity index (χ2n) is 1.72. The van der Waals surface area contributed by atoms with Crippen molar-refractivity contribution in [1.82, 2.24) is 0 Å². The smallest absolute Gasteiger partial charge is 0.0827 e. The van der Waals surface area contributed by atoms with Crippen LogP contribution in [0.15, 0.2) is 12.4 Å². The van der Waals surface area contributed by atoms with E-state index in [-0.39, 0.29) is 10.5 Å². The molecule has 0 fully saturated rings. The lowest BCUT2D eigenvalue weighted by Crippen LogP contribution is -2.01. The molecule has 0 saturated heterocycles. The van der Waals surface area contributed by atoms with E-state index in [1.807, 2.05) is 0 Å². The third-order valence-electron chi connectivity index (χ3n) is 0.934. The van der Waals surface area contributed by atoms with Crippen LogP contribution in [0.5, 0.6) is 0 Å². The van der Waals surface area contributed by atoms with Gasteiger partial charge >= 0.3 is 0 Å². The standard InChI is InChI=1S/C6H10FIO/c7-4-2-1-3-6(8)5-9/h2,4,6,9H,1,3,5H2. The van der Waals surface area contributed by atoms with Crippen LogP contribution in [0.3, 0.4) is 0 Å². The van der Waals surface area contributed by atoms with Crippen molar-refractivity contribution in [3.8, 4) is 0 Å². The van der Waals surface area contributed by atoms with Crippen LogP contribution in [0, 0.1) is 0 Å². The summed E-state index contributed by atoms with van der Waals surface area (Å²) < 4.78 is 11.6. The first-order chi connectivity index (χ1) is 4.31. The number of aliphatic hydroxyl groups is 1. The molecule has 0 aliphatic heterocycles. The van der Waals surface area contributed by atoms with Gasteiger partial charge in [0.05, 0.1) is 12.9 Å². The van der Waals surface area contributed by atoms with Gasteiger partial charge in [-0.1, -0.05) is 28.7 Å². The van der Waals surface area contributed by atoms with Crippen LogP contribution in [-0.4, -0.2) is 15.6 Å². The third-order valence-corrected chi connectivity index (χ3v) is 1.95. The molecular formula is C6H10FIO. The summed E-state index contributed by atoms with van der Waals surface area (Å²) in [6, 6.07) is 0. The molecule has 3 heteroatoms. The SMILES string of the molecule is OCC(I)CCC=CF. The average Bonchev–Trinajstić information content (AvgIpc) is 1.89. The summed E-state index contributed by atoms with van der Waals surface area (Å²) in [6.07, 6.45) is 3.56. The highest BCUT2D eigenvalue weighted by atomic mass is 127. The molecule has 0 saturated carbocycles. The summed E-state index contributed by atoms with van der Waals surface area (Å²) in [5, 5.41) is 8.51. The van der Waals surface area contributed by atoms with Gasteiger partial charge in [0, 0.05) is 3.92 Å². The largest absolute Gasteiger partial charge is 0.395 e. The number of alkyl halides is 1. The van der Waals surface area contributed by atoms with E-state index in [9.17, 15) is 4.39 Å². The minimum atomic E-state index is 0.181. The Morgan fingerprint density at radius 3 is 2.78 bits per heavy atom. The van der Waals surface area contributed by atoms with Crippen molar-refractivity contribution in [3.63, 3.8) is 0 Å². The molecular weight excluding hydrogens is 234 g/mol. The van der Waals surface area contributed by atoms with E-state index in [2.05, 4.69) is 22.6 Å². The summed E-state index contributed by atoms with van der Waals surface area (Å²) in [6.45, 7) is 0.181. The zero-order valence-corrected chi connectivity index (χ0v) is 7.21. The fourth-order valence-electron chi connectivity index (χ4n) is 0.431. The highest BCUT2D eigenvalue weighted by Gasteiger charge is 1.97. The van der Waals surface area contributed by atoms with E-state index in [0.717, 1.165) is 6.42 Å². The normalized spacial score (nSPS) is 14.6. The monoisotopic (exact) mass is 244 g/mol. The fraction of sp³-hybridized carbons (Fsp3) is 0.667. The second kappa shape index (κ2) is 6.48. The van der Waals surface area contributed by atoms with E-state index >= 15 is 0 Å². The first-order valence-electron chi connectivity index (χ1n) is 2.81. The van der Waals surface area contributed by atoms with Crippen molar-refractivity contribution < 1.29 is 9.50 Å². The molecule has 0 rings (SSSR count). The predicted octanol–water partition coefficient (Wildman–Crippen LogP) is 2.05. The van der Waals surface area contributed by atoms with Crippen molar-refractivity contribution in [2.45, 2.75) is 16.8 Å². The predicted molar refractivity (Wildman–Crippen MR) is 44.4 cm³/mol. The maximum atomic E-state index is 11.3. The molecule has 0 aromatic carbocycles. The molecule has 1 nitrogen and oxygen atoms in total. The van der Waals surface area contributed by atoms with Gasteiger partial charge < -0.3 is 5.11 Å². The Morgan fingerprint density at radius 1 is 1.67 bits per heavy atom. The highest BCUT2D eigenvalue weighted by Crippen LogP contribution is 2.07. The number of aliphatic hydroxyl groups excluding tert-OH is 1. The Labute approximate surface area is 68.1 Å². The zero-order valence-electron chi connectivity index (χ0n) is 5.06. The van der Waals surface area contributed by atoms with Crippen LogP contribution in [0.4, 0.5) is 4.39 Å². The van der Waals surface area contributed by atoms with Gasteiger partial charge in [0.1, 0.15) is 0 Å². The van der Waals surface area contributed by atoms with Crippen molar-refractivity contribution in [1.29, 1.82) is 0 Å². The first kappa shape index (κ1) is 9.36. The fourth-order valence-corrected chi connectivity index (χ4v) is 0.791. The quantitative estimate of drug-likeness (QED) is 0.592. The Hall–Kier alpha value is 0.360. The molecule has 0 aliphatic carbocycles. The second-order valence-corrected chi connectivity index (χ2v) is 3.48. The molecule has 9 heavy (non-hydrogen) atoms. The van der Waals surface area contributed by atoms with Crippen LogP contribution in [-0.2, 0) is 0 Å². The number of hydrogen-bond donors (Lipinski definition) is 1. The van der Waals surface area contributed by atoms with Crippen LogP contribution in [0.2, 0.25) is 0 Å². The van der Waals surface area contributed by atoms with Crippen molar-refractivity contribution in [2.24, 2.45) is 0 Å². The van der Waals surface area contributed by atoms with Crippen LogP contribution >= 0.6 is 22.6 Å². The molecule has 0 aromatic heterocycles. The Balaban J connectivity index is 3.06. The van der Waals surface area contributed by atoms with E-state index in [1.54, 1.807) is 0 Å². The minimum Gasteiger partial charge on any atom is -0.395 e. The zero-order chi connectivity index (χ0) is 7.11. The van der Waals surface area contributed by atoms with Gasteiger partial charge in [0.2, 0.25) is 0 Å². The van der Waals surface area contributed by atoms with Gasteiger partial charge in [0.15, 0.2) is 0 Å². The van der Waals surface area contributed by atoms with Gasteiger partial charge in [-0.25, -0.2) is 4.39 Å².